The molecule has 2 aromatic rings. The molecular formula is C13H11NS. The Labute approximate surface area is 91.7 Å². The van der Waals surface area contributed by atoms with Gasteiger partial charge in [0.1, 0.15) is 0 Å². The van der Waals surface area contributed by atoms with Crippen LogP contribution in [0.3, 0.4) is 0 Å². The average Bonchev–Trinajstić information content (AvgIpc) is 2.30. The van der Waals surface area contributed by atoms with E-state index in [1.165, 1.54) is 21.2 Å². The van der Waals surface area contributed by atoms with Gasteiger partial charge in [-0.3, -0.25) is 0 Å². The fraction of sp³-hybridized carbons (Fsp3) is 0. The highest BCUT2D eigenvalue weighted by Gasteiger charge is 2.15. The Balaban J connectivity index is 2.24. The quantitative estimate of drug-likeness (QED) is 0.559. The fourth-order valence-corrected chi connectivity index (χ4v) is 3.32. The van der Waals surface area contributed by atoms with Crippen molar-refractivity contribution in [1.29, 1.82) is 0 Å². The largest absolute Gasteiger partial charge is 0.354 e. The van der Waals surface area contributed by atoms with Gasteiger partial charge in [-0.15, -0.1) is 10.5 Å². The fourth-order valence-electron chi connectivity index (χ4n) is 1.83. The van der Waals surface area contributed by atoms with Gasteiger partial charge in [-0.25, -0.2) is 0 Å². The summed E-state index contributed by atoms with van der Waals surface area (Å²) in [6, 6.07) is 16.8. The van der Waals surface area contributed by atoms with Crippen LogP contribution in [0.15, 0.2) is 58.3 Å². The van der Waals surface area contributed by atoms with Crippen molar-refractivity contribution in [3.63, 3.8) is 0 Å². The molecule has 0 aromatic heterocycles. The summed E-state index contributed by atoms with van der Waals surface area (Å²) in [5, 5.41) is 3.44. The SMILES string of the molecule is C=S1c2ccccc2Nc2ccccc21. The third-order valence-electron chi connectivity index (χ3n) is 2.57. The van der Waals surface area contributed by atoms with Gasteiger partial charge >= 0.3 is 0 Å². The maximum absolute atomic E-state index is 4.27. The van der Waals surface area contributed by atoms with Crippen LogP contribution < -0.4 is 5.32 Å². The second-order valence-corrected chi connectivity index (χ2v) is 5.17. The van der Waals surface area contributed by atoms with E-state index in [9.17, 15) is 0 Å². The molecule has 15 heavy (non-hydrogen) atoms. The van der Waals surface area contributed by atoms with Crippen LogP contribution in [-0.4, -0.2) is 5.87 Å². The van der Waals surface area contributed by atoms with Gasteiger partial charge < -0.3 is 5.32 Å². The summed E-state index contributed by atoms with van der Waals surface area (Å²) < 4.78 is 0. The van der Waals surface area contributed by atoms with Crippen molar-refractivity contribution < 1.29 is 0 Å². The van der Waals surface area contributed by atoms with Gasteiger partial charge in [-0.1, -0.05) is 30.1 Å². The van der Waals surface area contributed by atoms with Crippen molar-refractivity contribution >= 4 is 27.7 Å². The minimum absolute atomic E-state index is 0.0526. The summed E-state index contributed by atoms with van der Waals surface area (Å²) in [6.07, 6.45) is 0. The molecule has 3 rings (SSSR count). The van der Waals surface area contributed by atoms with Gasteiger partial charge in [0, 0.05) is 9.79 Å². The van der Waals surface area contributed by atoms with E-state index in [0.717, 1.165) is 0 Å². The van der Waals surface area contributed by atoms with E-state index in [1.54, 1.807) is 0 Å². The zero-order valence-corrected chi connectivity index (χ0v) is 9.05. The van der Waals surface area contributed by atoms with E-state index in [1.807, 2.05) is 0 Å². The molecule has 0 aliphatic carbocycles. The molecule has 0 saturated carbocycles. The maximum atomic E-state index is 4.27. The highest BCUT2D eigenvalue weighted by molar-refractivity contribution is 8.14. The summed E-state index contributed by atoms with van der Waals surface area (Å²) >= 11 is 0. The second kappa shape index (κ2) is 3.24. The van der Waals surface area contributed by atoms with Crippen molar-refractivity contribution in [2.45, 2.75) is 9.79 Å². The summed E-state index contributed by atoms with van der Waals surface area (Å²) in [5.41, 5.74) is 2.38. The van der Waals surface area contributed by atoms with Crippen LogP contribution in [0.4, 0.5) is 11.4 Å². The standard InChI is InChI=1S/C13H11NS/c1-15-12-8-4-2-6-10(12)14-11-7-3-5-9-13(11)15/h2-9,14H,1H2. The highest BCUT2D eigenvalue weighted by Crippen LogP contribution is 2.47. The summed E-state index contributed by atoms with van der Waals surface area (Å²) in [6.45, 7) is 0. The molecule has 2 aromatic carbocycles. The van der Waals surface area contributed by atoms with Gasteiger partial charge in [0.15, 0.2) is 0 Å². The molecule has 0 radical (unpaired) electrons. The van der Waals surface area contributed by atoms with Crippen LogP contribution >= 0.6 is 10.5 Å². The molecule has 1 nitrogen and oxygen atoms in total. The lowest BCUT2D eigenvalue weighted by molar-refractivity contribution is 1.31. The van der Waals surface area contributed by atoms with E-state index in [4.69, 9.17) is 0 Å². The van der Waals surface area contributed by atoms with Crippen LogP contribution in [0.25, 0.3) is 0 Å². The first-order chi connectivity index (χ1) is 7.36. The van der Waals surface area contributed by atoms with Crippen LogP contribution in [0.5, 0.6) is 0 Å². The molecule has 0 atom stereocenters. The summed E-state index contributed by atoms with van der Waals surface area (Å²) in [4.78, 5) is 2.60. The lowest BCUT2D eigenvalue weighted by Crippen LogP contribution is -2.00. The number of hydrogen-bond donors (Lipinski definition) is 1. The topological polar surface area (TPSA) is 12.0 Å². The number of para-hydroxylation sites is 2. The van der Waals surface area contributed by atoms with Gasteiger partial charge in [0.25, 0.3) is 0 Å². The van der Waals surface area contributed by atoms with Gasteiger partial charge in [0.05, 0.1) is 11.4 Å². The van der Waals surface area contributed by atoms with Gasteiger partial charge in [-0.05, 0) is 24.3 Å². The molecule has 0 amide bonds. The lowest BCUT2D eigenvalue weighted by atomic mass is 10.2. The average molecular weight is 213 g/mol. The Bertz CT molecular complexity index is 498. The first-order valence-electron chi connectivity index (χ1n) is 4.85. The first-order valence-corrected chi connectivity index (χ1v) is 6.25. The van der Waals surface area contributed by atoms with Crippen LogP contribution in [0, 0.1) is 0 Å². The van der Waals surface area contributed by atoms with Crippen molar-refractivity contribution in [2.24, 2.45) is 0 Å². The number of anilines is 2. The molecule has 0 bridgehead atoms. The molecule has 0 fully saturated rings. The normalized spacial score (nSPS) is 13.9. The molecule has 74 valence electrons. The number of hydrogen-bond acceptors (Lipinski definition) is 1. The predicted molar refractivity (Wildman–Crippen MR) is 67.4 cm³/mol. The number of nitrogens with one attached hydrogen (secondary N) is 1. The second-order valence-electron chi connectivity index (χ2n) is 3.51. The summed E-state index contributed by atoms with van der Waals surface area (Å²) in [5.74, 6) is 4.27. The number of rotatable bonds is 0. The maximum Gasteiger partial charge on any atom is 0.0521 e. The van der Waals surface area contributed by atoms with Crippen molar-refractivity contribution in [1.82, 2.24) is 0 Å². The molecule has 0 unspecified atom stereocenters. The molecule has 1 aliphatic heterocycles. The Morgan fingerprint density at radius 2 is 1.27 bits per heavy atom. The molecular weight excluding hydrogens is 202 g/mol. The van der Waals surface area contributed by atoms with Crippen LogP contribution in [-0.2, 0) is 0 Å². The lowest BCUT2D eigenvalue weighted by Gasteiger charge is -2.23. The van der Waals surface area contributed by atoms with E-state index < -0.39 is 0 Å². The molecule has 1 heterocycles. The van der Waals surface area contributed by atoms with E-state index in [0.29, 0.717) is 0 Å². The first kappa shape index (κ1) is 8.74. The van der Waals surface area contributed by atoms with Crippen LogP contribution in [0.2, 0.25) is 0 Å². The predicted octanol–water partition coefficient (Wildman–Crippen LogP) is 3.86. The Kier molecular flexibility index (Phi) is 1.89. The third-order valence-corrected chi connectivity index (χ3v) is 4.35. The van der Waals surface area contributed by atoms with Crippen LogP contribution in [0.1, 0.15) is 0 Å². The molecule has 1 N–H and O–H groups in total. The Hall–Kier alpha value is -1.54. The third kappa shape index (κ3) is 1.29. The number of fused-ring (bicyclic) bond motifs is 2. The smallest absolute Gasteiger partial charge is 0.0521 e. The van der Waals surface area contributed by atoms with E-state index in [-0.39, 0.29) is 10.5 Å². The Morgan fingerprint density at radius 1 is 0.800 bits per heavy atom. The van der Waals surface area contributed by atoms with E-state index >= 15 is 0 Å². The van der Waals surface area contributed by atoms with Crippen molar-refractivity contribution in [3.05, 3.63) is 48.5 Å². The van der Waals surface area contributed by atoms with Gasteiger partial charge in [0.2, 0.25) is 0 Å². The molecule has 2 heteroatoms. The highest BCUT2D eigenvalue weighted by atomic mass is 32.2. The zero-order chi connectivity index (χ0) is 10.3. The molecule has 0 spiro atoms. The zero-order valence-electron chi connectivity index (χ0n) is 8.23. The minimum Gasteiger partial charge on any atom is -0.354 e. The molecule has 0 saturated heterocycles. The van der Waals surface area contributed by atoms with Crippen molar-refractivity contribution in [2.75, 3.05) is 5.32 Å². The van der Waals surface area contributed by atoms with E-state index in [2.05, 4.69) is 59.7 Å². The van der Waals surface area contributed by atoms with Gasteiger partial charge in [-0.2, -0.15) is 0 Å². The minimum atomic E-state index is -0.0526. The summed E-state index contributed by atoms with van der Waals surface area (Å²) in [7, 11) is -0.0526. The monoisotopic (exact) mass is 213 g/mol. The Morgan fingerprint density at radius 3 is 1.80 bits per heavy atom. The van der Waals surface area contributed by atoms with Crippen molar-refractivity contribution in [3.8, 4) is 0 Å². The molecule has 1 aliphatic rings. The number of benzene rings is 2.